The molecule has 8 rings (SSSR count). The van der Waals surface area contributed by atoms with Crippen molar-refractivity contribution in [2.75, 3.05) is 7.11 Å². The van der Waals surface area contributed by atoms with Gasteiger partial charge in [0.25, 0.3) is 11.8 Å². The van der Waals surface area contributed by atoms with Crippen LogP contribution in [0.25, 0.3) is 11.3 Å². The topological polar surface area (TPSA) is 89.2 Å². The van der Waals surface area contributed by atoms with Crippen LogP contribution in [0.15, 0.2) is 94.4 Å². The standard InChI is InChI=1S/C31H22N2O5/c1-37-31(36)23-13-7-2-8-18(23)24-15-14-17(38-24)16-32-33-29(34)27-25-19-9-3-4-10-20(19)26(28(27)30(33)35)22-12-6-5-11-21(22)25/h2-16,25-28H,1H3/b32-16-/t25?,26?,27-,28+. The van der Waals surface area contributed by atoms with Crippen molar-refractivity contribution in [1.82, 2.24) is 5.01 Å². The summed E-state index contributed by atoms with van der Waals surface area (Å²) in [7, 11) is 1.32. The normalized spacial score (nSPS) is 22.9. The molecule has 0 N–H and O–H groups in total. The lowest BCUT2D eigenvalue weighted by Crippen LogP contribution is -2.41. The van der Waals surface area contributed by atoms with Crippen LogP contribution in [0.5, 0.6) is 0 Å². The van der Waals surface area contributed by atoms with Gasteiger partial charge in [0.2, 0.25) is 0 Å². The number of ether oxygens (including phenoxy) is 1. The van der Waals surface area contributed by atoms with Crippen LogP contribution in [0.3, 0.4) is 0 Å². The van der Waals surface area contributed by atoms with Crippen molar-refractivity contribution in [3.05, 3.63) is 119 Å². The van der Waals surface area contributed by atoms with Crippen molar-refractivity contribution < 1.29 is 23.5 Å². The van der Waals surface area contributed by atoms with Crippen LogP contribution in [0.2, 0.25) is 0 Å². The largest absolute Gasteiger partial charge is 0.465 e. The predicted octanol–water partition coefficient (Wildman–Crippen LogP) is 4.96. The number of amides is 2. The highest BCUT2D eigenvalue weighted by atomic mass is 16.5. The third-order valence-corrected chi connectivity index (χ3v) is 7.95. The van der Waals surface area contributed by atoms with Gasteiger partial charge in [0.1, 0.15) is 11.5 Å². The molecule has 2 heterocycles. The van der Waals surface area contributed by atoms with E-state index in [1.807, 2.05) is 24.3 Å². The highest BCUT2D eigenvalue weighted by Gasteiger charge is 2.61. The van der Waals surface area contributed by atoms with E-state index >= 15 is 0 Å². The Bertz CT molecular complexity index is 1550. The molecule has 0 spiro atoms. The molecule has 3 aromatic carbocycles. The van der Waals surface area contributed by atoms with Gasteiger partial charge in [-0.15, -0.1) is 0 Å². The van der Waals surface area contributed by atoms with Gasteiger partial charge in [-0.3, -0.25) is 9.59 Å². The number of carbonyl (C=O) groups is 3. The number of furan rings is 1. The Hall–Kier alpha value is -4.78. The van der Waals surface area contributed by atoms with Crippen molar-refractivity contribution in [1.29, 1.82) is 0 Å². The van der Waals surface area contributed by atoms with Crippen LogP contribution in [0.4, 0.5) is 0 Å². The first-order chi connectivity index (χ1) is 18.6. The van der Waals surface area contributed by atoms with Gasteiger partial charge >= 0.3 is 5.97 Å². The van der Waals surface area contributed by atoms with Crippen molar-refractivity contribution in [3.63, 3.8) is 0 Å². The summed E-state index contributed by atoms with van der Waals surface area (Å²) in [5.41, 5.74) is 5.41. The molecule has 7 nitrogen and oxygen atoms in total. The molecular weight excluding hydrogens is 480 g/mol. The Kier molecular flexibility index (Phi) is 4.94. The monoisotopic (exact) mass is 502 g/mol. The van der Waals surface area contributed by atoms with Gasteiger partial charge in [0, 0.05) is 17.4 Å². The first kappa shape index (κ1) is 22.4. The molecule has 4 aromatic rings. The maximum absolute atomic E-state index is 13.7. The number of hydrogen-bond donors (Lipinski definition) is 0. The van der Waals surface area contributed by atoms with Crippen LogP contribution in [0.1, 0.15) is 50.2 Å². The summed E-state index contributed by atoms with van der Waals surface area (Å²) in [5, 5.41) is 5.32. The number of carbonyl (C=O) groups excluding carboxylic acids is 3. The number of esters is 1. The number of methoxy groups -OCH3 is 1. The number of hydrazone groups is 1. The van der Waals surface area contributed by atoms with E-state index in [0.717, 1.165) is 27.3 Å². The first-order valence-corrected chi connectivity index (χ1v) is 12.5. The molecule has 1 saturated heterocycles. The second-order valence-electron chi connectivity index (χ2n) is 9.74. The zero-order valence-corrected chi connectivity index (χ0v) is 20.4. The van der Waals surface area contributed by atoms with E-state index in [0.29, 0.717) is 22.6 Å². The van der Waals surface area contributed by atoms with Gasteiger partial charge in [-0.25, -0.2) is 4.79 Å². The molecular formula is C31H22N2O5. The Balaban J connectivity index is 1.22. The molecule has 0 radical (unpaired) electrons. The van der Waals surface area contributed by atoms with Gasteiger partial charge in [0.05, 0.1) is 30.7 Å². The fourth-order valence-corrected chi connectivity index (χ4v) is 6.44. The molecule has 186 valence electrons. The van der Waals surface area contributed by atoms with Crippen LogP contribution in [0, 0.1) is 11.8 Å². The Morgan fingerprint density at radius 2 is 1.32 bits per heavy atom. The Morgan fingerprint density at radius 1 is 0.789 bits per heavy atom. The highest BCUT2D eigenvalue weighted by Crippen LogP contribution is 2.60. The summed E-state index contributed by atoms with van der Waals surface area (Å²) in [6.45, 7) is 0. The number of rotatable bonds is 4. The zero-order valence-electron chi connectivity index (χ0n) is 20.4. The zero-order chi connectivity index (χ0) is 26.0. The lowest BCUT2D eigenvalue weighted by Gasteiger charge is -2.45. The molecule has 4 aliphatic rings. The van der Waals surface area contributed by atoms with Gasteiger partial charge in [0.15, 0.2) is 0 Å². The first-order valence-electron chi connectivity index (χ1n) is 12.5. The highest BCUT2D eigenvalue weighted by molar-refractivity contribution is 6.08. The fraction of sp³-hybridized carbons (Fsp3) is 0.161. The third kappa shape index (κ3) is 3.08. The van der Waals surface area contributed by atoms with Gasteiger partial charge in [-0.05, 0) is 40.5 Å². The van der Waals surface area contributed by atoms with E-state index in [4.69, 9.17) is 9.15 Å². The predicted molar refractivity (Wildman–Crippen MR) is 138 cm³/mol. The summed E-state index contributed by atoms with van der Waals surface area (Å²) in [6, 6.07) is 26.6. The molecule has 3 aliphatic carbocycles. The molecule has 2 atom stereocenters. The number of nitrogens with zero attached hydrogens (tertiary/aromatic N) is 2. The van der Waals surface area contributed by atoms with Crippen molar-refractivity contribution in [2.45, 2.75) is 11.8 Å². The van der Waals surface area contributed by atoms with Crippen LogP contribution in [-0.2, 0) is 14.3 Å². The summed E-state index contributed by atoms with van der Waals surface area (Å²) in [4.78, 5) is 39.5. The lowest BCUT2D eigenvalue weighted by molar-refractivity contribution is -0.139. The SMILES string of the molecule is COC(=O)c1ccccc1-c1ccc(/C=N\N2C(=O)[C@@H]3C4c5ccccc5C(c5ccccc54)[C@@H]3C2=O)o1. The molecule has 0 unspecified atom stereocenters. The maximum atomic E-state index is 13.7. The average molecular weight is 503 g/mol. The van der Waals surface area contributed by atoms with Crippen molar-refractivity contribution >= 4 is 24.0 Å². The van der Waals surface area contributed by atoms with E-state index in [1.54, 1.807) is 36.4 Å². The number of hydrogen-bond acceptors (Lipinski definition) is 6. The molecule has 7 heteroatoms. The second kappa shape index (κ2) is 8.38. The summed E-state index contributed by atoms with van der Waals surface area (Å²) in [6.07, 6.45) is 1.37. The van der Waals surface area contributed by atoms with Crippen molar-refractivity contribution in [3.8, 4) is 11.3 Å². The van der Waals surface area contributed by atoms with Crippen LogP contribution in [-0.4, -0.2) is 36.1 Å². The van der Waals surface area contributed by atoms with E-state index in [-0.39, 0.29) is 23.7 Å². The van der Waals surface area contributed by atoms with E-state index in [1.165, 1.54) is 13.3 Å². The lowest BCUT2D eigenvalue weighted by atomic mass is 9.55. The van der Waals surface area contributed by atoms with Crippen LogP contribution >= 0.6 is 0 Å². The third-order valence-electron chi connectivity index (χ3n) is 7.95. The molecule has 1 aliphatic heterocycles. The maximum Gasteiger partial charge on any atom is 0.338 e. The fourth-order valence-electron chi connectivity index (χ4n) is 6.44. The Morgan fingerprint density at radius 3 is 1.87 bits per heavy atom. The number of benzene rings is 3. The quantitative estimate of drug-likeness (QED) is 0.224. The molecule has 0 saturated carbocycles. The smallest absolute Gasteiger partial charge is 0.338 e. The molecule has 2 amide bonds. The minimum Gasteiger partial charge on any atom is -0.465 e. The van der Waals surface area contributed by atoms with E-state index in [9.17, 15) is 14.4 Å². The number of imide groups is 1. The molecule has 38 heavy (non-hydrogen) atoms. The summed E-state index contributed by atoms with van der Waals surface area (Å²) in [5.74, 6) is -1.61. The van der Waals surface area contributed by atoms with E-state index < -0.39 is 17.8 Å². The average Bonchev–Trinajstić information content (AvgIpc) is 3.54. The second-order valence-corrected chi connectivity index (χ2v) is 9.74. The summed E-state index contributed by atoms with van der Waals surface area (Å²) >= 11 is 0. The van der Waals surface area contributed by atoms with E-state index in [2.05, 4.69) is 29.4 Å². The van der Waals surface area contributed by atoms with Gasteiger partial charge < -0.3 is 9.15 Å². The minimum atomic E-state index is -0.492. The molecule has 2 bridgehead atoms. The van der Waals surface area contributed by atoms with Gasteiger partial charge in [-0.2, -0.15) is 10.1 Å². The minimum absolute atomic E-state index is 0.181. The van der Waals surface area contributed by atoms with Crippen LogP contribution < -0.4 is 0 Å². The van der Waals surface area contributed by atoms with Crippen molar-refractivity contribution in [2.24, 2.45) is 16.9 Å². The van der Waals surface area contributed by atoms with Gasteiger partial charge in [-0.1, -0.05) is 66.7 Å². The molecule has 1 fully saturated rings. The molecule has 1 aromatic heterocycles. The summed E-state index contributed by atoms with van der Waals surface area (Å²) < 4.78 is 10.8. The Labute approximate surface area is 218 Å².